The van der Waals surface area contributed by atoms with Crippen LogP contribution in [0, 0.1) is 5.82 Å². The van der Waals surface area contributed by atoms with Gasteiger partial charge < -0.3 is 9.64 Å². The third kappa shape index (κ3) is 3.39. The lowest BCUT2D eigenvalue weighted by Gasteiger charge is -2.12. The number of nitrogens with zero attached hydrogens (tertiary/aromatic N) is 2. The normalized spacial score (nSPS) is 14.4. The van der Waals surface area contributed by atoms with Gasteiger partial charge in [-0.2, -0.15) is 0 Å². The standard InChI is InChI=1S/C15H15FN2O2S/c16-11-4-3-5-12(8-11)20-9-14-17-13(10-21-14)15(19)18-6-1-2-7-18/h3-5,8,10H,1-2,6-7,9H2. The number of benzene rings is 1. The summed E-state index contributed by atoms with van der Waals surface area (Å²) in [7, 11) is 0. The predicted octanol–water partition coefficient (Wildman–Crippen LogP) is 3.10. The highest BCUT2D eigenvalue weighted by atomic mass is 32.1. The Hall–Kier alpha value is -1.95. The van der Waals surface area contributed by atoms with E-state index in [1.165, 1.54) is 23.5 Å². The van der Waals surface area contributed by atoms with Crippen molar-refractivity contribution in [3.05, 3.63) is 46.2 Å². The van der Waals surface area contributed by atoms with Gasteiger partial charge in [-0.05, 0) is 25.0 Å². The number of halogens is 1. The summed E-state index contributed by atoms with van der Waals surface area (Å²) in [6, 6.07) is 5.97. The lowest BCUT2D eigenvalue weighted by atomic mass is 10.3. The molecule has 1 amide bonds. The Balaban J connectivity index is 1.61. The van der Waals surface area contributed by atoms with Gasteiger partial charge in [-0.25, -0.2) is 9.37 Å². The average molecular weight is 306 g/mol. The van der Waals surface area contributed by atoms with Crippen LogP contribution in [0.4, 0.5) is 4.39 Å². The smallest absolute Gasteiger partial charge is 0.273 e. The fourth-order valence-corrected chi connectivity index (χ4v) is 2.94. The molecule has 0 bridgehead atoms. The van der Waals surface area contributed by atoms with Crippen LogP contribution >= 0.6 is 11.3 Å². The van der Waals surface area contributed by atoms with Crippen LogP contribution in [-0.2, 0) is 6.61 Å². The molecule has 110 valence electrons. The number of carbonyl (C=O) groups is 1. The lowest BCUT2D eigenvalue weighted by molar-refractivity contribution is 0.0787. The Morgan fingerprint density at radius 2 is 2.19 bits per heavy atom. The summed E-state index contributed by atoms with van der Waals surface area (Å²) in [5.74, 6) is 0.106. The highest BCUT2D eigenvalue weighted by molar-refractivity contribution is 7.09. The Morgan fingerprint density at radius 3 is 2.95 bits per heavy atom. The SMILES string of the molecule is O=C(c1csc(COc2cccc(F)c2)n1)N1CCCC1. The van der Waals surface area contributed by atoms with Gasteiger partial charge >= 0.3 is 0 Å². The van der Waals surface area contributed by atoms with Crippen molar-refractivity contribution >= 4 is 17.2 Å². The first-order valence-electron chi connectivity index (χ1n) is 6.84. The zero-order valence-corrected chi connectivity index (χ0v) is 12.2. The molecule has 0 radical (unpaired) electrons. The van der Waals surface area contributed by atoms with Crippen LogP contribution in [-0.4, -0.2) is 28.9 Å². The van der Waals surface area contributed by atoms with E-state index in [-0.39, 0.29) is 18.3 Å². The van der Waals surface area contributed by atoms with Gasteiger partial charge in [0.1, 0.15) is 28.9 Å². The quantitative estimate of drug-likeness (QED) is 0.871. The van der Waals surface area contributed by atoms with Gasteiger partial charge in [-0.3, -0.25) is 4.79 Å². The minimum Gasteiger partial charge on any atom is -0.486 e. The summed E-state index contributed by atoms with van der Waals surface area (Å²) < 4.78 is 18.5. The molecule has 0 saturated carbocycles. The molecular weight excluding hydrogens is 291 g/mol. The summed E-state index contributed by atoms with van der Waals surface area (Å²) in [5, 5.41) is 2.46. The molecule has 6 heteroatoms. The van der Waals surface area contributed by atoms with Crippen molar-refractivity contribution in [2.75, 3.05) is 13.1 Å². The summed E-state index contributed by atoms with van der Waals surface area (Å²) in [6.45, 7) is 1.86. The van der Waals surface area contributed by atoms with Crippen molar-refractivity contribution in [3.8, 4) is 5.75 Å². The van der Waals surface area contributed by atoms with Gasteiger partial charge in [-0.1, -0.05) is 6.07 Å². The van der Waals surface area contributed by atoms with E-state index in [2.05, 4.69) is 4.98 Å². The maximum atomic E-state index is 13.0. The van der Waals surface area contributed by atoms with Crippen LogP contribution in [0.2, 0.25) is 0 Å². The van der Waals surface area contributed by atoms with E-state index >= 15 is 0 Å². The van der Waals surface area contributed by atoms with Crippen LogP contribution in [0.15, 0.2) is 29.6 Å². The molecule has 21 heavy (non-hydrogen) atoms. The monoisotopic (exact) mass is 306 g/mol. The van der Waals surface area contributed by atoms with Gasteiger partial charge in [0.05, 0.1) is 0 Å². The first-order valence-corrected chi connectivity index (χ1v) is 7.72. The number of hydrogen-bond donors (Lipinski definition) is 0. The molecule has 1 aromatic heterocycles. The molecular formula is C15H15FN2O2S. The molecule has 2 heterocycles. The number of amides is 1. The maximum Gasteiger partial charge on any atom is 0.273 e. The zero-order valence-electron chi connectivity index (χ0n) is 11.4. The number of likely N-dealkylation sites (tertiary alicyclic amines) is 1. The molecule has 1 aromatic carbocycles. The Labute approximate surface area is 126 Å². The molecule has 0 spiro atoms. The van der Waals surface area contributed by atoms with Gasteiger partial charge in [0.15, 0.2) is 0 Å². The lowest BCUT2D eigenvalue weighted by Crippen LogP contribution is -2.27. The summed E-state index contributed by atoms with van der Waals surface area (Å²) in [4.78, 5) is 18.3. The van der Waals surface area contributed by atoms with E-state index in [0.29, 0.717) is 16.5 Å². The van der Waals surface area contributed by atoms with E-state index in [1.54, 1.807) is 17.5 Å². The first-order chi connectivity index (χ1) is 10.2. The van der Waals surface area contributed by atoms with Gasteiger partial charge in [0.2, 0.25) is 0 Å². The fraction of sp³-hybridized carbons (Fsp3) is 0.333. The second-order valence-electron chi connectivity index (χ2n) is 4.87. The Morgan fingerprint density at radius 1 is 1.38 bits per heavy atom. The molecule has 0 unspecified atom stereocenters. The molecule has 0 aliphatic carbocycles. The van der Waals surface area contributed by atoms with E-state index in [9.17, 15) is 9.18 Å². The predicted molar refractivity (Wildman–Crippen MR) is 78.0 cm³/mol. The van der Waals surface area contributed by atoms with E-state index in [0.717, 1.165) is 25.9 Å². The number of thiazole rings is 1. The minimum atomic E-state index is -0.337. The van der Waals surface area contributed by atoms with Crippen molar-refractivity contribution in [3.63, 3.8) is 0 Å². The van der Waals surface area contributed by atoms with Gasteiger partial charge in [0.25, 0.3) is 5.91 Å². The molecule has 2 aromatic rings. The highest BCUT2D eigenvalue weighted by Gasteiger charge is 2.21. The number of aromatic nitrogens is 1. The second kappa shape index (κ2) is 6.22. The summed E-state index contributed by atoms with van der Waals surface area (Å²) in [5.41, 5.74) is 0.472. The Bertz CT molecular complexity index is 638. The van der Waals surface area contributed by atoms with Crippen molar-refractivity contribution in [2.24, 2.45) is 0 Å². The topological polar surface area (TPSA) is 42.4 Å². The number of hydrogen-bond acceptors (Lipinski definition) is 4. The average Bonchev–Trinajstić information content (AvgIpc) is 3.16. The molecule has 1 fully saturated rings. The van der Waals surface area contributed by atoms with Crippen molar-refractivity contribution in [1.82, 2.24) is 9.88 Å². The second-order valence-corrected chi connectivity index (χ2v) is 5.81. The van der Waals surface area contributed by atoms with Crippen LogP contribution in [0.1, 0.15) is 28.3 Å². The van der Waals surface area contributed by atoms with E-state index in [1.807, 2.05) is 4.90 Å². The number of carbonyl (C=O) groups excluding carboxylic acids is 1. The summed E-state index contributed by atoms with van der Waals surface area (Å²) in [6.07, 6.45) is 2.12. The highest BCUT2D eigenvalue weighted by Crippen LogP contribution is 2.18. The van der Waals surface area contributed by atoms with Crippen LogP contribution in [0.3, 0.4) is 0 Å². The fourth-order valence-electron chi connectivity index (χ4n) is 2.26. The maximum absolute atomic E-state index is 13.0. The third-order valence-corrected chi connectivity index (χ3v) is 4.14. The molecule has 4 nitrogen and oxygen atoms in total. The summed E-state index contributed by atoms with van der Waals surface area (Å²) >= 11 is 1.38. The molecule has 1 aliphatic rings. The van der Waals surface area contributed by atoms with E-state index in [4.69, 9.17) is 4.74 Å². The van der Waals surface area contributed by atoms with Crippen LogP contribution < -0.4 is 4.74 Å². The van der Waals surface area contributed by atoms with Crippen LogP contribution in [0.25, 0.3) is 0 Å². The minimum absolute atomic E-state index is 0.0132. The van der Waals surface area contributed by atoms with Crippen molar-refractivity contribution in [1.29, 1.82) is 0 Å². The largest absolute Gasteiger partial charge is 0.486 e. The number of rotatable bonds is 4. The van der Waals surface area contributed by atoms with Crippen molar-refractivity contribution < 1.29 is 13.9 Å². The molecule has 1 aliphatic heterocycles. The molecule has 3 rings (SSSR count). The first kappa shape index (κ1) is 14.0. The van der Waals surface area contributed by atoms with Crippen LogP contribution in [0.5, 0.6) is 5.75 Å². The zero-order chi connectivity index (χ0) is 14.7. The van der Waals surface area contributed by atoms with Gasteiger partial charge in [0, 0.05) is 24.5 Å². The van der Waals surface area contributed by atoms with Gasteiger partial charge in [-0.15, -0.1) is 11.3 Å². The third-order valence-electron chi connectivity index (χ3n) is 3.32. The van der Waals surface area contributed by atoms with Crippen molar-refractivity contribution in [2.45, 2.75) is 19.4 Å². The number of ether oxygens (including phenoxy) is 1. The molecule has 0 atom stereocenters. The molecule has 0 N–H and O–H groups in total. The Kier molecular flexibility index (Phi) is 4.15. The molecule has 1 saturated heterocycles. The van der Waals surface area contributed by atoms with E-state index < -0.39 is 0 Å².